The highest BCUT2D eigenvalue weighted by Gasteiger charge is 2.17. The minimum atomic E-state index is -0.566. The van der Waals surface area contributed by atoms with Crippen LogP contribution >= 0.6 is 15.9 Å². The molecule has 5 nitrogen and oxygen atoms in total. The van der Waals surface area contributed by atoms with Gasteiger partial charge < -0.3 is 14.4 Å². The summed E-state index contributed by atoms with van der Waals surface area (Å²) in [5.41, 5.74) is 0. The van der Waals surface area contributed by atoms with Crippen molar-refractivity contribution in [2.24, 2.45) is 0 Å². The first-order valence-corrected chi connectivity index (χ1v) is 6.69. The lowest BCUT2D eigenvalue weighted by Gasteiger charge is -2.19. The number of amides is 1. The van der Waals surface area contributed by atoms with Crippen molar-refractivity contribution in [1.29, 1.82) is 0 Å². The molecule has 0 unspecified atom stereocenters. The van der Waals surface area contributed by atoms with E-state index in [-0.39, 0.29) is 18.9 Å². The number of esters is 1. The molecule has 0 radical (unpaired) electrons. The predicted molar refractivity (Wildman–Crippen MR) is 73.9 cm³/mol. The average Bonchev–Trinajstić information content (AvgIpc) is 2.43. The van der Waals surface area contributed by atoms with Crippen LogP contribution in [-0.2, 0) is 14.3 Å². The molecule has 1 aromatic carbocycles. The monoisotopic (exact) mass is 347 g/mol. The van der Waals surface area contributed by atoms with Gasteiger partial charge in [0.2, 0.25) is 0 Å². The van der Waals surface area contributed by atoms with Gasteiger partial charge in [-0.25, -0.2) is 4.39 Å². The zero-order valence-electron chi connectivity index (χ0n) is 11.2. The normalized spacial score (nSPS) is 10.0. The lowest BCUT2D eigenvalue weighted by Crippen LogP contribution is -2.39. The average molecular weight is 348 g/mol. The Morgan fingerprint density at radius 2 is 2.10 bits per heavy atom. The van der Waals surface area contributed by atoms with Crippen molar-refractivity contribution in [3.05, 3.63) is 28.5 Å². The highest BCUT2D eigenvalue weighted by molar-refractivity contribution is 9.10. The fourth-order valence-corrected chi connectivity index (χ4v) is 1.75. The van der Waals surface area contributed by atoms with Crippen LogP contribution in [0.25, 0.3) is 0 Å². The van der Waals surface area contributed by atoms with Gasteiger partial charge in [-0.1, -0.05) is 15.9 Å². The number of ether oxygens (including phenoxy) is 2. The molecule has 0 atom stereocenters. The van der Waals surface area contributed by atoms with Crippen LogP contribution < -0.4 is 4.74 Å². The van der Waals surface area contributed by atoms with Gasteiger partial charge in [0.15, 0.2) is 18.2 Å². The Labute approximate surface area is 124 Å². The summed E-state index contributed by atoms with van der Waals surface area (Å²) in [6, 6.07) is 4.27. The highest BCUT2D eigenvalue weighted by Crippen LogP contribution is 2.21. The van der Waals surface area contributed by atoms with Crippen LogP contribution in [0.15, 0.2) is 22.7 Å². The molecule has 110 valence electrons. The van der Waals surface area contributed by atoms with Crippen molar-refractivity contribution < 1.29 is 23.5 Å². The molecule has 0 aromatic heterocycles. The van der Waals surface area contributed by atoms with E-state index in [1.54, 1.807) is 13.0 Å². The van der Waals surface area contributed by atoms with Crippen molar-refractivity contribution in [3.8, 4) is 5.75 Å². The van der Waals surface area contributed by atoms with E-state index in [1.807, 2.05) is 0 Å². The lowest BCUT2D eigenvalue weighted by atomic mass is 10.3. The molecule has 0 fully saturated rings. The van der Waals surface area contributed by atoms with E-state index >= 15 is 0 Å². The van der Waals surface area contributed by atoms with Crippen LogP contribution in [0.5, 0.6) is 5.75 Å². The number of likely N-dealkylation sites (N-methyl/N-ethyl adjacent to an activating group) is 1. The molecule has 0 aliphatic carbocycles. The first-order valence-electron chi connectivity index (χ1n) is 5.90. The van der Waals surface area contributed by atoms with Crippen LogP contribution in [0.2, 0.25) is 0 Å². The second-order valence-corrected chi connectivity index (χ2v) is 4.76. The molecule has 0 aliphatic heterocycles. The topological polar surface area (TPSA) is 55.8 Å². The fourth-order valence-electron chi connectivity index (χ4n) is 1.42. The third kappa shape index (κ3) is 4.80. The van der Waals surface area contributed by atoms with E-state index in [4.69, 9.17) is 4.74 Å². The maximum Gasteiger partial charge on any atom is 0.325 e. The zero-order chi connectivity index (χ0) is 15.1. The molecular formula is C13H15BrFNO4. The summed E-state index contributed by atoms with van der Waals surface area (Å²) in [6.07, 6.45) is 0. The fraction of sp³-hybridized carbons (Fsp3) is 0.385. The van der Waals surface area contributed by atoms with E-state index in [0.717, 1.165) is 0 Å². The first-order chi connectivity index (χ1) is 9.47. The summed E-state index contributed by atoms with van der Waals surface area (Å²) < 4.78 is 23.7. The second kappa shape index (κ2) is 7.84. The van der Waals surface area contributed by atoms with Gasteiger partial charge in [0.25, 0.3) is 5.91 Å². The standard InChI is InChI=1S/C13H15BrFNO4/c1-3-16(7-13(18)19-2)12(17)8-20-11-5-4-9(14)6-10(11)15/h4-6H,3,7-8H2,1-2H3. The Morgan fingerprint density at radius 3 is 2.65 bits per heavy atom. The molecule has 1 aromatic rings. The van der Waals surface area contributed by atoms with E-state index in [0.29, 0.717) is 11.0 Å². The van der Waals surface area contributed by atoms with Gasteiger partial charge >= 0.3 is 5.97 Å². The van der Waals surface area contributed by atoms with Crippen molar-refractivity contribution >= 4 is 27.8 Å². The molecule has 0 saturated heterocycles. The molecule has 0 bridgehead atoms. The number of hydrogen-bond donors (Lipinski definition) is 0. The Morgan fingerprint density at radius 1 is 1.40 bits per heavy atom. The molecule has 0 saturated carbocycles. The third-order valence-electron chi connectivity index (χ3n) is 2.53. The van der Waals surface area contributed by atoms with Crippen LogP contribution in [0, 0.1) is 5.82 Å². The number of rotatable bonds is 6. The summed E-state index contributed by atoms with van der Waals surface area (Å²) in [4.78, 5) is 24.2. The van der Waals surface area contributed by atoms with Crippen LogP contribution in [-0.4, -0.2) is 43.6 Å². The predicted octanol–water partition coefficient (Wildman–Crippen LogP) is 1.99. The van der Waals surface area contributed by atoms with E-state index in [9.17, 15) is 14.0 Å². The van der Waals surface area contributed by atoms with E-state index in [2.05, 4.69) is 20.7 Å². The molecule has 1 amide bonds. The number of methoxy groups -OCH3 is 1. The van der Waals surface area contributed by atoms with Crippen molar-refractivity contribution in [2.45, 2.75) is 6.92 Å². The molecule has 1 rings (SSSR count). The zero-order valence-corrected chi connectivity index (χ0v) is 12.8. The molecule has 0 N–H and O–H groups in total. The quantitative estimate of drug-likeness (QED) is 0.738. The Kier molecular flexibility index (Phi) is 6.44. The maximum absolute atomic E-state index is 13.5. The largest absolute Gasteiger partial charge is 0.481 e. The van der Waals surface area contributed by atoms with Gasteiger partial charge in [0.1, 0.15) is 6.54 Å². The number of hydrogen-bond acceptors (Lipinski definition) is 4. The number of carbonyl (C=O) groups excluding carboxylic acids is 2. The molecule has 0 heterocycles. The van der Waals surface area contributed by atoms with Crippen LogP contribution in [0.1, 0.15) is 6.92 Å². The Hall–Kier alpha value is -1.63. The van der Waals surface area contributed by atoms with Gasteiger partial charge in [-0.2, -0.15) is 0 Å². The van der Waals surface area contributed by atoms with Crippen LogP contribution in [0.4, 0.5) is 4.39 Å². The summed E-state index contributed by atoms with van der Waals surface area (Å²) >= 11 is 3.12. The SMILES string of the molecule is CCN(CC(=O)OC)C(=O)COc1ccc(Br)cc1F. The van der Waals surface area contributed by atoms with Crippen molar-refractivity contribution in [3.63, 3.8) is 0 Å². The summed E-state index contributed by atoms with van der Waals surface area (Å²) in [6.45, 7) is 1.56. The number of nitrogens with zero attached hydrogens (tertiary/aromatic N) is 1. The molecular weight excluding hydrogens is 333 g/mol. The summed E-state index contributed by atoms with van der Waals surface area (Å²) in [7, 11) is 1.24. The number of carbonyl (C=O) groups is 2. The molecule has 20 heavy (non-hydrogen) atoms. The van der Waals surface area contributed by atoms with Crippen LogP contribution in [0.3, 0.4) is 0 Å². The molecule has 7 heteroatoms. The summed E-state index contributed by atoms with van der Waals surface area (Å²) in [5, 5.41) is 0. The maximum atomic E-state index is 13.5. The van der Waals surface area contributed by atoms with Gasteiger partial charge in [-0.3, -0.25) is 9.59 Å². The Bertz CT molecular complexity index is 495. The first kappa shape index (κ1) is 16.4. The smallest absolute Gasteiger partial charge is 0.325 e. The lowest BCUT2D eigenvalue weighted by molar-refractivity contribution is -0.147. The highest BCUT2D eigenvalue weighted by atomic mass is 79.9. The van der Waals surface area contributed by atoms with E-state index in [1.165, 1.54) is 24.1 Å². The number of benzene rings is 1. The summed E-state index contributed by atoms with van der Waals surface area (Å²) in [5.74, 6) is -1.52. The third-order valence-corrected chi connectivity index (χ3v) is 3.02. The Balaban J connectivity index is 2.58. The van der Waals surface area contributed by atoms with Gasteiger partial charge in [0.05, 0.1) is 7.11 Å². The van der Waals surface area contributed by atoms with Gasteiger partial charge in [0, 0.05) is 11.0 Å². The van der Waals surface area contributed by atoms with Gasteiger partial charge in [-0.15, -0.1) is 0 Å². The van der Waals surface area contributed by atoms with Gasteiger partial charge in [-0.05, 0) is 25.1 Å². The minimum absolute atomic E-state index is 0.0179. The van der Waals surface area contributed by atoms with Crippen molar-refractivity contribution in [1.82, 2.24) is 4.90 Å². The molecule has 0 spiro atoms. The minimum Gasteiger partial charge on any atom is -0.481 e. The van der Waals surface area contributed by atoms with E-state index < -0.39 is 17.7 Å². The molecule has 0 aliphatic rings. The number of halogens is 2. The second-order valence-electron chi connectivity index (χ2n) is 3.85. The van der Waals surface area contributed by atoms with Crippen molar-refractivity contribution in [2.75, 3.05) is 26.8 Å².